The summed E-state index contributed by atoms with van der Waals surface area (Å²) in [6.45, 7) is 10.1. The van der Waals surface area contributed by atoms with Crippen LogP contribution in [0.25, 0.3) is 0 Å². The minimum atomic E-state index is -5.03. The van der Waals surface area contributed by atoms with Crippen molar-refractivity contribution in [3.8, 4) is 0 Å². The summed E-state index contributed by atoms with van der Waals surface area (Å²) in [6.07, 6.45) is -7.05. The maximum atomic E-state index is 13.6. The van der Waals surface area contributed by atoms with E-state index in [4.69, 9.17) is 0 Å². The summed E-state index contributed by atoms with van der Waals surface area (Å²) in [5.74, 6) is -0.461. The number of Topliss-reactive ketones (excluding diaryl/α,β-unsaturated/α-hetero) is 1. The molecule has 2 aliphatic heterocycles. The van der Waals surface area contributed by atoms with Crippen LogP contribution in [0.15, 0.2) is 36.4 Å². The zero-order chi connectivity index (χ0) is 31.5. The number of carbonyl (C=O) groups excluding carboxylic acids is 2. The lowest BCUT2D eigenvalue weighted by atomic mass is 9.93. The zero-order valence-corrected chi connectivity index (χ0v) is 27.3. The highest BCUT2D eigenvalue weighted by Gasteiger charge is 2.39. The predicted molar refractivity (Wildman–Crippen MR) is 166 cm³/mol. The number of amides is 1. The van der Waals surface area contributed by atoms with Crippen molar-refractivity contribution in [2.24, 2.45) is 5.92 Å². The number of rotatable bonds is 8. The number of aryl methyl sites for hydroxylation is 2. The number of benzene rings is 2. The number of hydrogen-bond acceptors (Lipinski definition) is 4. The van der Waals surface area contributed by atoms with Crippen molar-refractivity contribution in [2.45, 2.75) is 64.8 Å². The summed E-state index contributed by atoms with van der Waals surface area (Å²) in [6, 6.07) is 6.57. The highest BCUT2D eigenvalue weighted by atomic mass is 35.5. The highest BCUT2D eigenvalue weighted by Crippen LogP contribution is 2.37. The summed E-state index contributed by atoms with van der Waals surface area (Å²) in [5, 5.41) is 0. The number of likely N-dealkylation sites (tertiary alicyclic amines) is 1. The van der Waals surface area contributed by atoms with E-state index in [1.54, 1.807) is 6.92 Å². The monoisotopic (exact) mass is 683 g/mol. The SMILES string of the molecule is CC(=O)C1CCN(CCCN2CCN(C(=O)c3cc(C(F)(F)F)cc(C(F)(F)F)c3)[C@H](Cc3ccc(C)c(C)c3)C2)CC1.Cl.Cl. The van der Waals surface area contributed by atoms with Gasteiger partial charge in [-0.1, -0.05) is 18.2 Å². The van der Waals surface area contributed by atoms with Gasteiger partial charge in [0.15, 0.2) is 0 Å². The van der Waals surface area contributed by atoms with Gasteiger partial charge in [-0.15, -0.1) is 24.8 Å². The van der Waals surface area contributed by atoms with E-state index < -0.39 is 41.0 Å². The van der Waals surface area contributed by atoms with Crippen LogP contribution in [0.1, 0.15) is 64.4 Å². The molecule has 0 saturated carbocycles. The number of piperazine rings is 1. The average molecular weight is 685 g/mol. The number of halogens is 8. The van der Waals surface area contributed by atoms with Crippen molar-refractivity contribution in [1.29, 1.82) is 0 Å². The number of piperidine rings is 1. The molecule has 13 heteroatoms. The fourth-order valence-electron chi connectivity index (χ4n) is 6.09. The van der Waals surface area contributed by atoms with Crippen LogP contribution in [0.2, 0.25) is 0 Å². The zero-order valence-electron chi connectivity index (χ0n) is 25.6. The third kappa shape index (κ3) is 10.3. The van der Waals surface area contributed by atoms with Crippen molar-refractivity contribution in [3.63, 3.8) is 0 Å². The number of alkyl halides is 6. The van der Waals surface area contributed by atoms with Crippen molar-refractivity contribution >= 4 is 36.5 Å². The molecule has 0 bridgehead atoms. The molecule has 2 aromatic rings. The lowest BCUT2D eigenvalue weighted by Crippen LogP contribution is -2.56. The molecule has 2 saturated heterocycles. The topological polar surface area (TPSA) is 43.9 Å². The van der Waals surface area contributed by atoms with Gasteiger partial charge in [0.2, 0.25) is 0 Å². The second-order valence-corrected chi connectivity index (χ2v) is 12.0. The van der Waals surface area contributed by atoms with E-state index in [0.29, 0.717) is 31.6 Å². The molecule has 252 valence electrons. The van der Waals surface area contributed by atoms with Gasteiger partial charge in [-0.3, -0.25) is 14.5 Å². The van der Waals surface area contributed by atoms with Crippen LogP contribution in [0, 0.1) is 19.8 Å². The first kappa shape index (κ1) is 38.8. The maximum absolute atomic E-state index is 13.6. The third-order valence-corrected chi connectivity index (χ3v) is 8.82. The molecule has 0 aromatic heterocycles. The van der Waals surface area contributed by atoms with Crippen LogP contribution in [-0.4, -0.2) is 78.2 Å². The quantitative estimate of drug-likeness (QED) is 0.275. The smallest absolute Gasteiger partial charge is 0.333 e. The molecule has 2 fully saturated rings. The fraction of sp³-hybridized carbons (Fsp3) is 0.562. The van der Waals surface area contributed by atoms with Crippen LogP contribution in [0.3, 0.4) is 0 Å². The standard InChI is InChI=1S/C32H39F6N3O2.2ClH/c1-21-5-6-24(15-22(21)2)16-29-20-40(10-4-9-39-11-7-25(8-12-39)23(3)42)13-14-41(29)30(43)26-17-27(31(33,34)35)19-28(18-26)32(36,37)38;;/h5-6,15,17-19,25,29H,4,7-14,16,20H2,1-3H3;2*1H/t29-;;/m1../s1. The summed E-state index contributed by atoms with van der Waals surface area (Å²) < 4.78 is 81.1. The van der Waals surface area contributed by atoms with Gasteiger partial charge >= 0.3 is 12.4 Å². The average Bonchev–Trinajstić information content (AvgIpc) is 2.94. The Hall–Kier alpha value is -2.34. The third-order valence-electron chi connectivity index (χ3n) is 8.82. The second kappa shape index (κ2) is 16.0. The van der Waals surface area contributed by atoms with Gasteiger partial charge in [0.1, 0.15) is 5.78 Å². The molecule has 1 atom stereocenters. The molecule has 0 radical (unpaired) electrons. The normalized spacial score (nSPS) is 18.7. The molecular formula is C32H41Cl2F6N3O2. The second-order valence-electron chi connectivity index (χ2n) is 12.0. The van der Waals surface area contributed by atoms with Crippen LogP contribution in [0.4, 0.5) is 26.3 Å². The van der Waals surface area contributed by atoms with Crippen molar-refractivity contribution in [3.05, 3.63) is 69.8 Å². The Morgan fingerprint density at radius 3 is 1.89 bits per heavy atom. The maximum Gasteiger partial charge on any atom is 0.416 e. The van der Waals surface area contributed by atoms with Gasteiger partial charge in [-0.2, -0.15) is 26.3 Å². The van der Waals surface area contributed by atoms with Crippen molar-refractivity contribution < 1.29 is 35.9 Å². The van der Waals surface area contributed by atoms with Gasteiger partial charge in [-0.05, 0) is 108 Å². The van der Waals surface area contributed by atoms with E-state index in [-0.39, 0.29) is 49.1 Å². The van der Waals surface area contributed by atoms with Gasteiger partial charge in [0.05, 0.1) is 11.1 Å². The molecule has 2 aromatic carbocycles. The van der Waals surface area contributed by atoms with Gasteiger partial charge in [-0.25, -0.2) is 0 Å². The van der Waals surface area contributed by atoms with Gasteiger partial charge < -0.3 is 9.80 Å². The molecule has 0 unspecified atom stereocenters. The summed E-state index contributed by atoms with van der Waals surface area (Å²) >= 11 is 0. The minimum absolute atomic E-state index is 0. The first-order chi connectivity index (χ1) is 20.1. The Bertz CT molecular complexity index is 1280. The molecule has 4 rings (SSSR count). The van der Waals surface area contributed by atoms with Crippen LogP contribution in [-0.2, 0) is 23.6 Å². The Kier molecular flexibility index (Phi) is 13.8. The van der Waals surface area contributed by atoms with E-state index in [2.05, 4.69) is 9.80 Å². The van der Waals surface area contributed by atoms with Gasteiger partial charge in [0, 0.05) is 37.2 Å². The Labute approximate surface area is 273 Å². The van der Waals surface area contributed by atoms with Gasteiger partial charge in [0.25, 0.3) is 5.91 Å². The molecule has 2 aliphatic rings. The van der Waals surface area contributed by atoms with Crippen LogP contribution < -0.4 is 0 Å². The highest BCUT2D eigenvalue weighted by molar-refractivity contribution is 5.95. The molecule has 0 spiro atoms. The van der Waals surface area contributed by atoms with E-state index >= 15 is 0 Å². The molecule has 0 aliphatic carbocycles. The first-order valence-electron chi connectivity index (χ1n) is 14.7. The lowest BCUT2D eigenvalue weighted by molar-refractivity contribution is -0.143. The Morgan fingerprint density at radius 2 is 1.36 bits per heavy atom. The number of nitrogens with zero attached hydrogens (tertiary/aromatic N) is 3. The predicted octanol–water partition coefficient (Wildman–Crippen LogP) is 7.24. The van der Waals surface area contributed by atoms with E-state index in [1.165, 1.54) is 4.90 Å². The first-order valence-corrected chi connectivity index (χ1v) is 14.7. The number of ketones is 1. The number of carbonyl (C=O) groups is 2. The van der Waals surface area contributed by atoms with E-state index in [9.17, 15) is 35.9 Å². The summed E-state index contributed by atoms with van der Waals surface area (Å²) in [7, 11) is 0. The number of hydrogen-bond donors (Lipinski definition) is 0. The van der Waals surface area contributed by atoms with Crippen LogP contribution in [0.5, 0.6) is 0 Å². The largest absolute Gasteiger partial charge is 0.416 e. The van der Waals surface area contributed by atoms with E-state index in [0.717, 1.165) is 62.1 Å². The van der Waals surface area contributed by atoms with Crippen molar-refractivity contribution in [1.82, 2.24) is 14.7 Å². The van der Waals surface area contributed by atoms with Crippen LogP contribution >= 0.6 is 24.8 Å². The fourth-order valence-corrected chi connectivity index (χ4v) is 6.09. The molecule has 5 nitrogen and oxygen atoms in total. The summed E-state index contributed by atoms with van der Waals surface area (Å²) in [5.41, 5.74) is -0.511. The Balaban J connectivity index is 0.00000353. The molecular weight excluding hydrogens is 643 g/mol. The van der Waals surface area contributed by atoms with Crippen molar-refractivity contribution in [2.75, 3.05) is 45.8 Å². The molecule has 2 heterocycles. The lowest BCUT2D eigenvalue weighted by Gasteiger charge is -2.42. The minimum Gasteiger partial charge on any atom is -0.333 e. The molecule has 0 N–H and O–H groups in total. The van der Waals surface area contributed by atoms with E-state index in [1.807, 2.05) is 32.0 Å². The summed E-state index contributed by atoms with van der Waals surface area (Å²) in [4.78, 5) is 31.3. The Morgan fingerprint density at radius 1 is 0.778 bits per heavy atom. The molecule has 45 heavy (non-hydrogen) atoms. The molecule has 1 amide bonds.